The molecule has 2 atom stereocenters. The van der Waals surface area contributed by atoms with Crippen LogP contribution in [0.15, 0.2) is 12.1 Å². The quantitative estimate of drug-likeness (QED) is 0.515. The summed E-state index contributed by atoms with van der Waals surface area (Å²) in [6.07, 6.45) is 0.952. The van der Waals surface area contributed by atoms with Gasteiger partial charge >= 0.3 is 0 Å². The van der Waals surface area contributed by atoms with Gasteiger partial charge in [0, 0.05) is 63.6 Å². The number of nitrogens with zero attached hydrogens (tertiary/aromatic N) is 4. The molecule has 0 saturated carbocycles. The van der Waals surface area contributed by atoms with E-state index in [4.69, 9.17) is 12.2 Å². The van der Waals surface area contributed by atoms with Crippen LogP contribution < -0.4 is 0 Å². The molecule has 0 radical (unpaired) electrons. The van der Waals surface area contributed by atoms with Gasteiger partial charge in [-0.3, -0.25) is 9.59 Å². The fourth-order valence-corrected chi connectivity index (χ4v) is 5.13. The molecule has 3 heterocycles. The van der Waals surface area contributed by atoms with Crippen LogP contribution in [0, 0.1) is 28.1 Å². The van der Waals surface area contributed by atoms with Gasteiger partial charge in [0.25, 0.3) is 0 Å². The predicted octanol–water partition coefficient (Wildman–Crippen LogP) is 2.79. The second kappa shape index (κ2) is 8.38. The first-order valence-corrected chi connectivity index (χ1v) is 10.9. The number of imidazole rings is 1. The maximum Gasteiger partial charge on any atom is 0.228 e. The topological polar surface area (TPSA) is 50.5 Å². The van der Waals surface area contributed by atoms with E-state index in [1.54, 1.807) is 35.2 Å². The van der Waals surface area contributed by atoms with Crippen molar-refractivity contribution in [2.45, 2.75) is 31.7 Å². The molecule has 1 aromatic carbocycles. The number of hydrogen-bond acceptors (Lipinski definition) is 3. The second-order valence-corrected chi connectivity index (χ2v) is 9.10. The number of amides is 2. The molecule has 2 aliphatic rings. The monoisotopic (exact) mass is 466 g/mol. The smallest absolute Gasteiger partial charge is 0.228 e. The highest BCUT2D eigenvalue weighted by Gasteiger charge is 2.35. The Morgan fingerprint density at radius 3 is 2.53 bits per heavy atom. The second-order valence-electron chi connectivity index (χ2n) is 8.74. The van der Waals surface area contributed by atoms with E-state index >= 15 is 0 Å². The first-order valence-electron chi connectivity index (χ1n) is 10.5. The highest BCUT2D eigenvalue weighted by molar-refractivity contribution is 7.71. The van der Waals surface area contributed by atoms with Crippen molar-refractivity contribution in [1.82, 2.24) is 18.9 Å². The van der Waals surface area contributed by atoms with Crippen molar-refractivity contribution in [2.24, 2.45) is 13.0 Å². The lowest BCUT2D eigenvalue weighted by Crippen LogP contribution is -2.35. The Labute approximate surface area is 189 Å². The number of likely N-dealkylation sites (tertiary alicyclic amines) is 1. The molecule has 10 heteroatoms. The number of halogens is 3. The third-order valence-electron chi connectivity index (χ3n) is 6.56. The first kappa shape index (κ1) is 22.6. The Balaban J connectivity index is 1.55. The van der Waals surface area contributed by atoms with Crippen LogP contribution in [0.5, 0.6) is 0 Å². The Morgan fingerprint density at radius 1 is 1.16 bits per heavy atom. The average Bonchev–Trinajstić information content (AvgIpc) is 3.45. The number of carbonyl (C=O) groups is 2. The predicted molar refractivity (Wildman–Crippen MR) is 114 cm³/mol. The molecule has 1 fully saturated rings. The van der Waals surface area contributed by atoms with Gasteiger partial charge in [-0.15, -0.1) is 0 Å². The van der Waals surface area contributed by atoms with Gasteiger partial charge in [-0.25, -0.2) is 13.2 Å². The summed E-state index contributed by atoms with van der Waals surface area (Å²) in [4.78, 5) is 28.4. The third-order valence-corrected chi connectivity index (χ3v) is 7.06. The van der Waals surface area contributed by atoms with Crippen molar-refractivity contribution >= 4 is 24.0 Å². The Morgan fingerprint density at radius 2 is 1.84 bits per heavy atom. The van der Waals surface area contributed by atoms with Gasteiger partial charge in [-0.1, -0.05) is 0 Å². The lowest BCUT2D eigenvalue weighted by molar-refractivity contribution is -0.133. The molecule has 1 unspecified atom stereocenters. The molecule has 0 aliphatic carbocycles. The molecule has 2 aromatic rings. The van der Waals surface area contributed by atoms with E-state index < -0.39 is 23.4 Å². The number of aromatic nitrogens is 2. The first-order chi connectivity index (χ1) is 15.1. The van der Waals surface area contributed by atoms with Crippen LogP contribution in [0.1, 0.15) is 29.3 Å². The maximum atomic E-state index is 14.4. The minimum absolute atomic E-state index is 0.00504. The van der Waals surface area contributed by atoms with Crippen molar-refractivity contribution in [3.05, 3.63) is 51.3 Å². The minimum Gasteiger partial charge on any atom is -0.349 e. The van der Waals surface area contributed by atoms with Crippen molar-refractivity contribution in [3.63, 3.8) is 0 Å². The molecule has 1 aromatic heterocycles. The van der Waals surface area contributed by atoms with Gasteiger partial charge in [0.2, 0.25) is 11.8 Å². The number of rotatable bonds is 4. The molecule has 6 nitrogen and oxygen atoms in total. The van der Waals surface area contributed by atoms with Crippen LogP contribution in [-0.4, -0.2) is 57.9 Å². The summed E-state index contributed by atoms with van der Waals surface area (Å²) in [5.41, 5.74) is 1.13. The average molecular weight is 467 g/mol. The maximum absolute atomic E-state index is 14.4. The van der Waals surface area contributed by atoms with E-state index in [2.05, 4.69) is 0 Å². The van der Waals surface area contributed by atoms with Crippen molar-refractivity contribution in [2.75, 3.05) is 27.2 Å². The summed E-state index contributed by atoms with van der Waals surface area (Å²) in [7, 11) is 5.16. The van der Waals surface area contributed by atoms with Crippen LogP contribution >= 0.6 is 12.2 Å². The highest BCUT2D eigenvalue weighted by Crippen LogP contribution is 2.36. The van der Waals surface area contributed by atoms with Crippen LogP contribution in [-0.2, 0) is 36.0 Å². The van der Waals surface area contributed by atoms with Crippen molar-refractivity contribution in [3.8, 4) is 0 Å². The fraction of sp³-hybridized carbons (Fsp3) is 0.500. The Bertz CT molecular complexity index is 1160. The van der Waals surface area contributed by atoms with Crippen LogP contribution in [0.25, 0.3) is 0 Å². The Kier molecular flexibility index (Phi) is 5.91. The fourth-order valence-electron chi connectivity index (χ4n) is 4.84. The van der Waals surface area contributed by atoms with E-state index in [0.29, 0.717) is 30.0 Å². The molecule has 2 aliphatic heterocycles. The van der Waals surface area contributed by atoms with E-state index in [0.717, 1.165) is 17.8 Å². The van der Waals surface area contributed by atoms with Gasteiger partial charge < -0.3 is 18.9 Å². The van der Waals surface area contributed by atoms with Gasteiger partial charge in [-0.05, 0) is 37.2 Å². The molecule has 172 valence electrons. The zero-order chi connectivity index (χ0) is 23.3. The van der Waals surface area contributed by atoms with E-state index in [1.807, 2.05) is 0 Å². The van der Waals surface area contributed by atoms with E-state index in [9.17, 15) is 22.8 Å². The van der Waals surface area contributed by atoms with Crippen molar-refractivity contribution in [1.29, 1.82) is 0 Å². The summed E-state index contributed by atoms with van der Waals surface area (Å²) < 4.78 is 46.4. The lowest BCUT2D eigenvalue weighted by atomic mass is 9.95. The van der Waals surface area contributed by atoms with Crippen LogP contribution in [0.2, 0.25) is 0 Å². The summed E-state index contributed by atoms with van der Waals surface area (Å²) in [5, 5.41) is 0. The van der Waals surface area contributed by atoms with E-state index in [1.165, 1.54) is 4.90 Å². The SMILES string of the molecule is CN(C)C(=O)C1CCN(C(=O)Cc2c3n(c(=S)n2C)C[C@@H](c2c(F)ccc(F)c2F)C3)C1. The summed E-state index contributed by atoms with van der Waals surface area (Å²) in [5.74, 6) is -3.99. The zero-order valence-corrected chi connectivity index (χ0v) is 19.0. The van der Waals surface area contributed by atoms with E-state index in [-0.39, 0.29) is 42.7 Å². The molecular formula is C22H25F3N4O2S. The van der Waals surface area contributed by atoms with Gasteiger partial charge in [0.1, 0.15) is 5.82 Å². The lowest BCUT2D eigenvalue weighted by Gasteiger charge is -2.19. The normalized spacial score (nSPS) is 20.0. The molecule has 1 saturated heterocycles. The van der Waals surface area contributed by atoms with Crippen LogP contribution in [0.3, 0.4) is 0 Å². The largest absolute Gasteiger partial charge is 0.349 e. The van der Waals surface area contributed by atoms with Gasteiger partial charge in [-0.2, -0.15) is 0 Å². The molecule has 32 heavy (non-hydrogen) atoms. The number of benzene rings is 1. The van der Waals surface area contributed by atoms with Crippen molar-refractivity contribution < 1.29 is 22.8 Å². The summed E-state index contributed by atoms with van der Waals surface area (Å²) in [6.45, 7) is 1.10. The zero-order valence-electron chi connectivity index (χ0n) is 18.2. The number of carbonyl (C=O) groups excluding carboxylic acids is 2. The summed E-state index contributed by atoms with van der Waals surface area (Å²) >= 11 is 5.49. The standard InChI is InChI=1S/C22H25F3N4O2S/c1-26(2)21(31)12-6-7-28(10-12)18(30)9-16-17-8-13(11-29(17)22(32)27(16)3)19-14(23)4-5-15(24)20(19)25/h4-5,12-13H,6-11H2,1-3H3/t12?,13-/m0/s1. The summed E-state index contributed by atoms with van der Waals surface area (Å²) in [6, 6.07) is 1.70. The van der Waals surface area contributed by atoms with Gasteiger partial charge in [0.15, 0.2) is 16.4 Å². The van der Waals surface area contributed by atoms with Crippen LogP contribution in [0.4, 0.5) is 13.2 Å². The minimum atomic E-state index is -1.18. The molecular weight excluding hydrogens is 441 g/mol. The number of hydrogen-bond donors (Lipinski definition) is 0. The third kappa shape index (κ3) is 3.74. The molecule has 2 amide bonds. The number of fused-ring (bicyclic) bond motifs is 1. The molecule has 4 rings (SSSR count). The molecule has 0 N–H and O–H groups in total. The Hall–Kier alpha value is -2.62. The van der Waals surface area contributed by atoms with Gasteiger partial charge in [0.05, 0.1) is 12.3 Å². The highest BCUT2D eigenvalue weighted by atomic mass is 32.1. The molecule has 0 bridgehead atoms. The molecule has 0 spiro atoms.